The second kappa shape index (κ2) is 8.83. The van der Waals surface area contributed by atoms with E-state index in [1.165, 1.54) is 0 Å². The molecule has 0 aliphatic carbocycles. The number of carbonyl (C=O) groups is 2. The van der Waals surface area contributed by atoms with Crippen molar-refractivity contribution in [3.8, 4) is 23.3 Å². The fraction of sp³-hybridized carbons (Fsp3) is 0.0870. The molecule has 2 heterocycles. The van der Waals surface area contributed by atoms with Crippen molar-refractivity contribution in [2.24, 2.45) is 0 Å². The van der Waals surface area contributed by atoms with Crippen molar-refractivity contribution in [3.63, 3.8) is 0 Å². The van der Waals surface area contributed by atoms with E-state index in [0.29, 0.717) is 16.8 Å². The smallest absolute Gasteiger partial charge is 0.247 e. The van der Waals surface area contributed by atoms with Crippen LogP contribution in [0.3, 0.4) is 0 Å². The van der Waals surface area contributed by atoms with Crippen LogP contribution in [-0.2, 0) is 9.59 Å². The van der Waals surface area contributed by atoms with Crippen molar-refractivity contribution < 1.29 is 9.59 Å². The van der Waals surface area contributed by atoms with Gasteiger partial charge in [-0.3, -0.25) is 9.59 Å². The first-order valence-electron chi connectivity index (χ1n) is 9.42. The molecule has 2 amide bonds. The van der Waals surface area contributed by atoms with E-state index in [2.05, 4.69) is 27.0 Å². The first kappa shape index (κ1) is 21.6. The summed E-state index contributed by atoms with van der Waals surface area (Å²) >= 11 is 4.35. The van der Waals surface area contributed by atoms with E-state index in [1.807, 2.05) is 12.1 Å². The molecule has 0 spiro atoms. The van der Waals surface area contributed by atoms with Crippen LogP contribution in [0.1, 0.15) is 17.5 Å². The number of halogens is 1. The highest BCUT2D eigenvalue weighted by atomic mass is 79.9. The molecule has 3 aromatic rings. The van der Waals surface area contributed by atoms with Crippen molar-refractivity contribution in [1.82, 2.24) is 4.98 Å². The first-order chi connectivity index (χ1) is 15.4. The summed E-state index contributed by atoms with van der Waals surface area (Å²) < 4.78 is 0.829. The number of imide groups is 1. The monoisotopic (exact) mass is 503 g/mol. The summed E-state index contributed by atoms with van der Waals surface area (Å²) in [6, 6.07) is 19.9. The van der Waals surface area contributed by atoms with Gasteiger partial charge in [0.1, 0.15) is 28.5 Å². The SMILES string of the molecule is N#Cc1c(N)nc(S[C@H]2CC(=O)N(c3ccc(Br)cc3)C2=O)c(C#N)c1-c1ccccc1. The van der Waals surface area contributed by atoms with E-state index >= 15 is 0 Å². The fourth-order valence-corrected chi connectivity index (χ4v) is 4.85. The average Bonchev–Trinajstić information content (AvgIpc) is 3.07. The predicted molar refractivity (Wildman–Crippen MR) is 124 cm³/mol. The Morgan fingerprint density at radius 1 is 1.03 bits per heavy atom. The van der Waals surface area contributed by atoms with Gasteiger partial charge in [0.25, 0.3) is 0 Å². The van der Waals surface area contributed by atoms with Crippen LogP contribution < -0.4 is 10.6 Å². The number of anilines is 2. The summed E-state index contributed by atoms with van der Waals surface area (Å²) in [5, 5.41) is 19.0. The summed E-state index contributed by atoms with van der Waals surface area (Å²) in [4.78, 5) is 31.0. The zero-order chi connectivity index (χ0) is 22.8. The molecule has 1 aliphatic heterocycles. The average molecular weight is 504 g/mol. The summed E-state index contributed by atoms with van der Waals surface area (Å²) in [6.07, 6.45) is -0.0350. The Bertz CT molecular complexity index is 1310. The minimum atomic E-state index is -0.762. The van der Waals surface area contributed by atoms with Crippen molar-refractivity contribution in [2.45, 2.75) is 16.7 Å². The fourth-order valence-electron chi connectivity index (χ4n) is 3.47. The largest absolute Gasteiger partial charge is 0.383 e. The second-order valence-electron chi connectivity index (χ2n) is 6.87. The molecule has 2 aromatic carbocycles. The Kier molecular flexibility index (Phi) is 5.95. The minimum absolute atomic E-state index is 0.0330. The lowest BCUT2D eigenvalue weighted by atomic mass is 9.97. The molecule has 1 aromatic heterocycles. The van der Waals surface area contributed by atoms with E-state index in [1.54, 1.807) is 48.5 Å². The predicted octanol–water partition coefficient (Wildman–Crippen LogP) is 4.26. The van der Waals surface area contributed by atoms with Gasteiger partial charge in [0.2, 0.25) is 11.8 Å². The number of hydrogen-bond donors (Lipinski definition) is 1. The highest BCUT2D eigenvalue weighted by molar-refractivity contribution is 9.10. The molecule has 1 saturated heterocycles. The third-order valence-electron chi connectivity index (χ3n) is 4.92. The summed E-state index contributed by atoms with van der Waals surface area (Å²) in [6.45, 7) is 0. The van der Waals surface area contributed by atoms with Gasteiger partial charge in [0.05, 0.1) is 16.5 Å². The van der Waals surface area contributed by atoms with Gasteiger partial charge >= 0.3 is 0 Å². The molecular formula is C23H14BrN5O2S. The number of aromatic nitrogens is 1. The zero-order valence-electron chi connectivity index (χ0n) is 16.4. The maximum atomic E-state index is 13.0. The number of nitrogen functional groups attached to an aromatic ring is 1. The van der Waals surface area contributed by atoms with Crippen molar-refractivity contribution in [3.05, 3.63) is 70.2 Å². The van der Waals surface area contributed by atoms with Crippen molar-refractivity contribution in [1.29, 1.82) is 10.5 Å². The van der Waals surface area contributed by atoms with Gasteiger partial charge in [0, 0.05) is 16.5 Å². The highest BCUT2D eigenvalue weighted by Crippen LogP contribution is 2.40. The molecule has 2 N–H and O–H groups in total. The molecule has 7 nitrogen and oxygen atoms in total. The lowest BCUT2D eigenvalue weighted by molar-refractivity contribution is -0.121. The number of hydrogen-bond acceptors (Lipinski definition) is 7. The van der Waals surface area contributed by atoms with Gasteiger partial charge in [-0.1, -0.05) is 58.0 Å². The molecule has 0 saturated carbocycles. The number of thioether (sulfide) groups is 1. The zero-order valence-corrected chi connectivity index (χ0v) is 18.9. The number of rotatable bonds is 4. The first-order valence-corrected chi connectivity index (χ1v) is 11.1. The standard InChI is InChI=1S/C23H14BrN5O2S/c24-14-6-8-15(9-7-14)29-19(30)10-18(23(29)31)32-22-17(12-26)20(13-4-2-1-3-5-13)16(11-25)21(27)28-22/h1-9,18H,10H2,(H2,27,28)/t18-/m0/s1. The van der Waals surface area contributed by atoms with Crippen molar-refractivity contribution in [2.75, 3.05) is 10.6 Å². The van der Waals surface area contributed by atoms with Gasteiger partial charge in [-0.2, -0.15) is 10.5 Å². The molecule has 1 aliphatic rings. The van der Waals surface area contributed by atoms with E-state index < -0.39 is 11.2 Å². The van der Waals surface area contributed by atoms with Gasteiger partial charge in [-0.05, 0) is 29.8 Å². The van der Waals surface area contributed by atoms with Crippen LogP contribution in [-0.4, -0.2) is 22.0 Å². The number of nitrogens with zero attached hydrogens (tertiary/aromatic N) is 4. The maximum Gasteiger partial charge on any atom is 0.247 e. The Labute approximate surface area is 196 Å². The van der Waals surface area contributed by atoms with Crippen LogP contribution in [0.2, 0.25) is 0 Å². The number of pyridine rings is 1. The molecule has 1 atom stereocenters. The molecule has 156 valence electrons. The van der Waals surface area contributed by atoms with E-state index in [0.717, 1.165) is 21.1 Å². The van der Waals surface area contributed by atoms with Crippen LogP contribution in [0.25, 0.3) is 11.1 Å². The lowest BCUT2D eigenvalue weighted by Crippen LogP contribution is -2.31. The summed E-state index contributed by atoms with van der Waals surface area (Å²) in [5.41, 5.74) is 7.77. The van der Waals surface area contributed by atoms with Gasteiger partial charge in [0.15, 0.2) is 0 Å². The van der Waals surface area contributed by atoms with Crippen molar-refractivity contribution >= 4 is 51.0 Å². The molecule has 1 fully saturated rings. The van der Waals surface area contributed by atoms with Crippen LogP contribution in [0, 0.1) is 22.7 Å². The van der Waals surface area contributed by atoms with Crippen LogP contribution >= 0.6 is 27.7 Å². The number of nitriles is 2. The van der Waals surface area contributed by atoms with Gasteiger partial charge in [-0.25, -0.2) is 9.88 Å². The van der Waals surface area contributed by atoms with Gasteiger partial charge in [-0.15, -0.1) is 0 Å². The highest BCUT2D eigenvalue weighted by Gasteiger charge is 2.41. The molecule has 0 bridgehead atoms. The number of nitrogens with two attached hydrogens (primary N) is 1. The summed E-state index contributed by atoms with van der Waals surface area (Å²) in [5.74, 6) is -0.759. The lowest BCUT2D eigenvalue weighted by Gasteiger charge is -2.16. The Morgan fingerprint density at radius 2 is 1.69 bits per heavy atom. The molecule has 0 radical (unpaired) electrons. The van der Waals surface area contributed by atoms with Crippen LogP contribution in [0.5, 0.6) is 0 Å². The maximum absolute atomic E-state index is 13.0. The second-order valence-corrected chi connectivity index (χ2v) is 8.98. The molecule has 32 heavy (non-hydrogen) atoms. The van der Waals surface area contributed by atoms with Crippen LogP contribution in [0.15, 0.2) is 64.1 Å². The topological polar surface area (TPSA) is 124 Å². The minimum Gasteiger partial charge on any atom is -0.383 e. The Balaban J connectivity index is 1.74. The molecular weight excluding hydrogens is 490 g/mol. The number of amides is 2. The number of carbonyl (C=O) groups excluding carboxylic acids is 2. The number of benzene rings is 2. The molecule has 4 rings (SSSR count). The Morgan fingerprint density at radius 3 is 2.31 bits per heavy atom. The quantitative estimate of drug-likeness (QED) is 0.527. The van der Waals surface area contributed by atoms with E-state index in [4.69, 9.17) is 5.73 Å². The molecule has 0 unspecified atom stereocenters. The van der Waals surface area contributed by atoms with Gasteiger partial charge < -0.3 is 5.73 Å². The van der Waals surface area contributed by atoms with Crippen LogP contribution in [0.4, 0.5) is 11.5 Å². The van der Waals surface area contributed by atoms with E-state index in [-0.39, 0.29) is 34.3 Å². The Hall–Kier alpha value is -3.66. The van der Waals surface area contributed by atoms with E-state index in [9.17, 15) is 20.1 Å². The normalized spacial score (nSPS) is 15.5. The molecule has 9 heteroatoms. The summed E-state index contributed by atoms with van der Waals surface area (Å²) in [7, 11) is 0. The third-order valence-corrected chi connectivity index (χ3v) is 6.62. The third kappa shape index (κ3) is 3.84.